The Labute approximate surface area is 105 Å². The Hall–Kier alpha value is -2.37. The van der Waals surface area contributed by atoms with E-state index in [1.807, 2.05) is 0 Å². The fraction of sp³-hybridized carbons (Fsp3) is 0.250. The summed E-state index contributed by atoms with van der Waals surface area (Å²) < 4.78 is 5.06. The smallest absolute Gasteiger partial charge is 0.297 e. The highest BCUT2D eigenvalue weighted by Crippen LogP contribution is 2.19. The van der Waals surface area contributed by atoms with Crippen molar-refractivity contribution >= 4 is 11.6 Å². The van der Waals surface area contributed by atoms with E-state index in [0.717, 1.165) is 11.4 Å². The van der Waals surface area contributed by atoms with Crippen molar-refractivity contribution in [3.05, 3.63) is 35.9 Å². The van der Waals surface area contributed by atoms with Crippen molar-refractivity contribution in [1.82, 2.24) is 15.2 Å². The number of aromatic nitrogens is 3. The predicted molar refractivity (Wildman–Crippen MR) is 66.8 cm³/mol. The van der Waals surface area contributed by atoms with E-state index in [1.165, 1.54) is 4.90 Å². The van der Waals surface area contributed by atoms with Gasteiger partial charge in [0.15, 0.2) is 0 Å². The lowest BCUT2D eigenvalue weighted by molar-refractivity contribution is 0.0983. The van der Waals surface area contributed by atoms with E-state index in [4.69, 9.17) is 4.74 Å². The molecule has 2 aromatic rings. The summed E-state index contributed by atoms with van der Waals surface area (Å²) in [6, 6.07) is 7.19. The molecule has 0 bridgehead atoms. The minimum Gasteiger partial charge on any atom is -0.497 e. The van der Waals surface area contributed by atoms with Gasteiger partial charge in [-0.3, -0.25) is 9.89 Å². The average molecular weight is 246 g/mol. The van der Waals surface area contributed by atoms with Gasteiger partial charge in [0.05, 0.1) is 7.11 Å². The van der Waals surface area contributed by atoms with Crippen LogP contribution in [0.5, 0.6) is 5.75 Å². The van der Waals surface area contributed by atoms with Gasteiger partial charge < -0.3 is 9.64 Å². The van der Waals surface area contributed by atoms with Gasteiger partial charge in [-0.25, -0.2) is 4.98 Å². The Balaban J connectivity index is 2.19. The van der Waals surface area contributed by atoms with Gasteiger partial charge >= 0.3 is 0 Å². The number of aromatic amines is 1. The first-order valence-corrected chi connectivity index (χ1v) is 5.43. The van der Waals surface area contributed by atoms with Crippen LogP contribution in [-0.4, -0.2) is 35.2 Å². The third kappa shape index (κ3) is 2.32. The number of methoxy groups -OCH3 is 1. The summed E-state index contributed by atoms with van der Waals surface area (Å²) in [4.78, 5) is 17.6. The number of hydrogen-bond donors (Lipinski definition) is 1. The van der Waals surface area contributed by atoms with Crippen LogP contribution in [0.15, 0.2) is 24.3 Å². The quantitative estimate of drug-likeness (QED) is 0.888. The van der Waals surface area contributed by atoms with Crippen molar-refractivity contribution in [2.24, 2.45) is 0 Å². The number of nitrogens with one attached hydrogen (secondary N) is 1. The lowest BCUT2D eigenvalue weighted by atomic mass is 10.3. The molecule has 94 valence electrons. The van der Waals surface area contributed by atoms with Gasteiger partial charge in [0.2, 0.25) is 5.82 Å². The fourth-order valence-corrected chi connectivity index (χ4v) is 1.51. The number of amides is 1. The highest BCUT2D eigenvalue weighted by Gasteiger charge is 2.17. The Morgan fingerprint density at radius 1 is 1.33 bits per heavy atom. The molecule has 0 aliphatic heterocycles. The summed E-state index contributed by atoms with van der Waals surface area (Å²) >= 11 is 0. The molecule has 1 N–H and O–H groups in total. The summed E-state index contributed by atoms with van der Waals surface area (Å²) in [5.41, 5.74) is 0.753. The van der Waals surface area contributed by atoms with Gasteiger partial charge in [0.25, 0.3) is 5.91 Å². The van der Waals surface area contributed by atoms with E-state index >= 15 is 0 Å². The van der Waals surface area contributed by atoms with Gasteiger partial charge in [-0.15, -0.1) is 5.10 Å². The maximum atomic E-state index is 12.1. The molecule has 6 nitrogen and oxygen atoms in total. The van der Waals surface area contributed by atoms with Gasteiger partial charge in [-0.1, -0.05) is 0 Å². The highest BCUT2D eigenvalue weighted by atomic mass is 16.5. The number of aryl methyl sites for hydroxylation is 1. The van der Waals surface area contributed by atoms with E-state index in [9.17, 15) is 4.79 Å². The molecule has 0 unspecified atom stereocenters. The second-order valence-electron chi connectivity index (χ2n) is 3.81. The number of H-pyrrole nitrogens is 1. The first-order valence-electron chi connectivity index (χ1n) is 5.43. The van der Waals surface area contributed by atoms with Gasteiger partial charge in [0, 0.05) is 12.7 Å². The van der Waals surface area contributed by atoms with Crippen molar-refractivity contribution in [2.45, 2.75) is 6.92 Å². The van der Waals surface area contributed by atoms with Crippen LogP contribution in [-0.2, 0) is 0 Å². The number of hydrogen-bond acceptors (Lipinski definition) is 4. The van der Waals surface area contributed by atoms with Gasteiger partial charge in [0.1, 0.15) is 11.6 Å². The average Bonchev–Trinajstić information content (AvgIpc) is 2.84. The lowest BCUT2D eigenvalue weighted by Gasteiger charge is -2.15. The zero-order valence-electron chi connectivity index (χ0n) is 10.5. The van der Waals surface area contributed by atoms with Crippen LogP contribution in [0.1, 0.15) is 16.4 Å². The first kappa shape index (κ1) is 12.1. The fourth-order valence-electron chi connectivity index (χ4n) is 1.51. The molecule has 0 saturated carbocycles. The van der Waals surface area contributed by atoms with Crippen LogP contribution >= 0.6 is 0 Å². The zero-order chi connectivity index (χ0) is 13.1. The lowest BCUT2D eigenvalue weighted by Crippen LogP contribution is -2.27. The van der Waals surface area contributed by atoms with Crippen LogP contribution in [0, 0.1) is 6.92 Å². The highest BCUT2D eigenvalue weighted by molar-refractivity contribution is 6.03. The Morgan fingerprint density at radius 2 is 2.00 bits per heavy atom. The first-order chi connectivity index (χ1) is 8.61. The third-order valence-electron chi connectivity index (χ3n) is 2.55. The maximum absolute atomic E-state index is 12.1. The molecule has 1 amide bonds. The number of carbonyl (C=O) groups excluding carboxylic acids is 1. The molecule has 0 spiro atoms. The summed E-state index contributed by atoms with van der Waals surface area (Å²) in [6.45, 7) is 1.75. The topological polar surface area (TPSA) is 71.1 Å². The number of benzene rings is 1. The molecule has 0 fully saturated rings. The van der Waals surface area contributed by atoms with Crippen LogP contribution < -0.4 is 9.64 Å². The molecule has 18 heavy (non-hydrogen) atoms. The van der Waals surface area contributed by atoms with Crippen molar-refractivity contribution in [1.29, 1.82) is 0 Å². The van der Waals surface area contributed by atoms with E-state index in [2.05, 4.69) is 15.2 Å². The molecular weight excluding hydrogens is 232 g/mol. The van der Waals surface area contributed by atoms with Crippen LogP contribution in [0.25, 0.3) is 0 Å². The number of nitrogens with zero attached hydrogens (tertiary/aromatic N) is 3. The zero-order valence-corrected chi connectivity index (χ0v) is 10.5. The normalized spacial score (nSPS) is 10.2. The number of carbonyl (C=O) groups is 1. The minimum absolute atomic E-state index is 0.158. The molecule has 0 atom stereocenters. The third-order valence-corrected chi connectivity index (χ3v) is 2.55. The van der Waals surface area contributed by atoms with E-state index in [-0.39, 0.29) is 11.7 Å². The second kappa shape index (κ2) is 4.87. The predicted octanol–water partition coefficient (Wildman–Crippen LogP) is 1.40. The standard InChI is InChI=1S/C12H14N4O2/c1-8-13-11(15-14-8)12(17)16(2)9-4-6-10(18-3)7-5-9/h4-7H,1-3H3,(H,13,14,15). The largest absolute Gasteiger partial charge is 0.497 e. The summed E-state index contributed by atoms with van der Waals surface area (Å²) in [5, 5.41) is 6.49. The van der Waals surface area contributed by atoms with Crippen molar-refractivity contribution < 1.29 is 9.53 Å². The number of ether oxygens (including phenoxy) is 1. The number of rotatable bonds is 3. The summed E-state index contributed by atoms with van der Waals surface area (Å²) in [6.07, 6.45) is 0. The second-order valence-corrected chi connectivity index (χ2v) is 3.81. The van der Waals surface area contributed by atoms with E-state index in [1.54, 1.807) is 45.3 Å². The van der Waals surface area contributed by atoms with Crippen LogP contribution in [0.3, 0.4) is 0 Å². The minimum atomic E-state index is -0.260. The molecule has 0 aliphatic rings. The van der Waals surface area contributed by atoms with Crippen molar-refractivity contribution in [2.75, 3.05) is 19.1 Å². The summed E-state index contributed by atoms with van der Waals surface area (Å²) in [5.74, 6) is 1.25. The maximum Gasteiger partial charge on any atom is 0.297 e. The molecule has 1 heterocycles. The van der Waals surface area contributed by atoms with Crippen LogP contribution in [0.4, 0.5) is 5.69 Å². The molecule has 2 rings (SSSR count). The van der Waals surface area contributed by atoms with Crippen molar-refractivity contribution in [3.8, 4) is 5.75 Å². The molecular formula is C12H14N4O2. The Bertz CT molecular complexity index is 547. The van der Waals surface area contributed by atoms with Crippen molar-refractivity contribution in [3.63, 3.8) is 0 Å². The monoisotopic (exact) mass is 246 g/mol. The molecule has 1 aromatic heterocycles. The Morgan fingerprint density at radius 3 is 2.50 bits per heavy atom. The molecule has 0 radical (unpaired) electrons. The SMILES string of the molecule is COc1ccc(N(C)C(=O)c2n[nH]c(C)n2)cc1. The van der Waals surface area contributed by atoms with Crippen LogP contribution in [0.2, 0.25) is 0 Å². The number of anilines is 1. The van der Waals surface area contributed by atoms with Gasteiger partial charge in [-0.05, 0) is 31.2 Å². The van der Waals surface area contributed by atoms with E-state index < -0.39 is 0 Å². The Kier molecular flexibility index (Phi) is 3.27. The van der Waals surface area contributed by atoms with E-state index in [0.29, 0.717) is 5.82 Å². The molecule has 0 saturated heterocycles. The molecule has 6 heteroatoms. The molecule has 1 aromatic carbocycles. The van der Waals surface area contributed by atoms with Gasteiger partial charge in [-0.2, -0.15) is 0 Å². The molecule has 0 aliphatic carbocycles. The summed E-state index contributed by atoms with van der Waals surface area (Å²) in [7, 11) is 3.27.